The molecular weight excluding hydrogens is 198 g/mol. The fourth-order valence-electron chi connectivity index (χ4n) is 2.40. The molecule has 0 aliphatic heterocycles. The first-order chi connectivity index (χ1) is 7.81. The van der Waals surface area contributed by atoms with Crippen LogP contribution in [-0.2, 0) is 4.74 Å². The zero-order chi connectivity index (χ0) is 11.8. The summed E-state index contributed by atoms with van der Waals surface area (Å²) in [7, 11) is 0. The van der Waals surface area contributed by atoms with E-state index in [0.29, 0.717) is 12.1 Å². The molecule has 1 N–H and O–H groups in total. The van der Waals surface area contributed by atoms with Crippen LogP contribution >= 0.6 is 0 Å². The van der Waals surface area contributed by atoms with Gasteiger partial charge in [-0.05, 0) is 38.6 Å². The Labute approximate surface area is 101 Å². The van der Waals surface area contributed by atoms with Gasteiger partial charge >= 0.3 is 0 Å². The molecule has 1 saturated carbocycles. The highest BCUT2D eigenvalue weighted by atomic mass is 16.5. The van der Waals surface area contributed by atoms with Crippen molar-refractivity contribution < 1.29 is 4.74 Å². The zero-order valence-electron chi connectivity index (χ0n) is 11.3. The summed E-state index contributed by atoms with van der Waals surface area (Å²) in [5, 5.41) is 3.61. The van der Waals surface area contributed by atoms with E-state index in [1.807, 2.05) is 0 Å². The number of ether oxygens (including phenoxy) is 1. The minimum Gasteiger partial charge on any atom is -0.377 e. The molecule has 1 rings (SSSR count). The van der Waals surface area contributed by atoms with Crippen LogP contribution in [0.2, 0.25) is 0 Å². The maximum absolute atomic E-state index is 5.89. The molecule has 0 heterocycles. The lowest BCUT2D eigenvalue weighted by molar-refractivity contribution is 0.0255. The molecule has 0 bridgehead atoms. The third-order valence-electron chi connectivity index (χ3n) is 3.45. The molecule has 1 fully saturated rings. The molecule has 0 spiro atoms. The van der Waals surface area contributed by atoms with Crippen molar-refractivity contribution in [2.45, 2.75) is 71.4 Å². The number of likely N-dealkylation sites (N-methyl/N-ethyl adjacent to an activating group) is 1. The summed E-state index contributed by atoms with van der Waals surface area (Å²) in [6.07, 6.45) is 8.45. The maximum Gasteiger partial charge on any atom is 0.0727 e. The van der Waals surface area contributed by atoms with Gasteiger partial charge in [0.15, 0.2) is 0 Å². The average molecular weight is 227 g/mol. The molecule has 1 aliphatic rings. The Morgan fingerprint density at radius 2 is 1.94 bits per heavy atom. The predicted octanol–water partition coefficient (Wildman–Crippen LogP) is 3.36. The normalized spacial score (nSPS) is 19.7. The van der Waals surface area contributed by atoms with Gasteiger partial charge in [0, 0.05) is 12.6 Å². The fourth-order valence-corrected chi connectivity index (χ4v) is 2.40. The number of hydrogen-bond donors (Lipinski definition) is 1. The molecule has 2 nitrogen and oxygen atoms in total. The molecule has 0 saturated heterocycles. The lowest BCUT2D eigenvalue weighted by Gasteiger charge is -2.27. The number of nitrogens with one attached hydrogen (secondary N) is 1. The van der Waals surface area contributed by atoms with Crippen LogP contribution in [0.5, 0.6) is 0 Å². The summed E-state index contributed by atoms with van der Waals surface area (Å²) in [4.78, 5) is 0. The van der Waals surface area contributed by atoms with Crippen molar-refractivity contribution >= 4 is 0 Å². The second kappa shape index (κ2) is 8.08. The van der Waals surface area contributed by atoms with Gasteiger partial charge < -0.3 is 10.1 Å². The second-order valence-corrected chi connectivity index (χ2v) is 4.97. The van der Waals surface area contributed by atoms with Crippen molar-refractivity contribution in [3.8, 4) is 0 Å². The van der Waals surface area contributed by atoms with Gasteiger partial charge in [-0.1, -0.05) is 33.1 Å². The Morgan fingerprint density at radius 1 is 1.19 bits per heavy atom. The minimum atomic E-state index is 0.425. The standard InChI is InChI=1S/C14H29NO/c1-4-7-14(16-6-3)13(15-5-2)11-10-12-8-9-12/h12-15H,4-11H2,1-3H3. The molecule has 1 aliphatic carbocycles. The van der Waals surface area contributed by atoms with Crippen LogP contribution in [-0.4, -0.2) is 25.3 Å². The van der Waals surface area contributed by atoms with Crippen molar-refractivity contribution in [2.24, 2.45) is 5.92 Å². The van der Waals surface area contributed by atoms with Crippen LogP contribution in [0.3, 0.4) is 0 Å². The highest BCUT2D eigenvalue weighted by Crippen LogP contribution is 2.34. The third kappa shape index (κ3) is 5.31. The Balaban J connectivity index is 2.34. The quantitative estimate of drug-likeness (QED) is 0.618. The largest absolute Gasteiger partial charge is 0.377 e. The van der Waals surface area contributed by atoms with E-state index in [1.54, 1.807) is 0 Å². The van der Waals surface area contributed by atoms with E-state index in [0.717, 1.165) is 19.1 Å². The first-order valence-corrected chi connectivity index (χ1v) is 7.16. The lowest BCUT2D eigenvalue weighted by Crippen LogP contribution is -2.41. The van der Waals surface area contributed by atoms with Crippen LogP contribution in [0.1, 0.15) is 59.3 Å². The number of hydrogen-bond acceptors (Lipinski definition) is 2. The maximum atomic E-state index is 5.89. The first kappa shape index (κ1) is 14.0. The van der Waals surface area contributed by atoms with E-state index in [9.17, 15) is 0 Å². The van der Waals surface area contributed by atoms with Gasteiger partial charge in [0.25, 0.3) is 0 Å². The zero-order valence-corrected chi connectivity index (χ0v) is 11.3. The molecule has 0 aromatic heterocycles. The number of rotatable bonds is 10. The molecule has 2 unspecified atom stereocenters. The van der Waals surface area contributed by atoms with E-state index in [-0.39, 0.29) is 0 Å². The lowest BCUT2D eigenvalue weighted by atomic mass is 9.99. The Morgan fingerprint density at radius 3 is 2.44 bits per heavy atom. The van der Waals surface area contributed by atoms with Crippen LogP contribution in [0.15, 0.2) is 0 Å². The molecule has 0 aromatic rings. The van der Waals surface area contributed by atoms with Gasteiger partial charge in [-0.25, -0.2) is 0 Å². The van der Waals surface area contributed by atoms with Gasteiger partial charge in [-0.3, -0.25) is 0 Å². The van der Waals surface area contributed by atoms with E-state index < -0.39 is 0 Å². The van der Waals surface area contributed by atoms with Gasteiger partial charge in [0.1, 0.15) is 0 Å². The predicted molar refractivity (Wildman–Crippen MR) is 69.7 cm³/mol. The van der Waals surface area contributed by atoms with Crippen molar-refractivity contribution in [2.75, 3.05) is 13.2 Å². The van der Waals surface area contributed by atoms with E-state index >= 15 is 0 Å². The Bertz CT molecular complexity index is 162. The molecule has 0 radical (unpaired) electrons. The summed E-state index contributed by atoms with van der Waals surface area (Å²) in [5.41, 5.74) is 0. The third-order valence-corrected chi connectivity index (χ3v) is 3.45. The Kier molecular flexibility index (Phi) is 7.06. The van der Waals surface area contributed by atoms with Gasteiger partial charge in [-0.15, -0.1) is 0 Å². The first-order valence-electron chi connectivity index (χ1n) is 7.16. The molecule has 2 atom stereocenters. The van der Waals surface area contributed by atoms with Gasteiger partial charge in [0.05, 0.1) is 6.10 Å². The fraction of sp³-hybridized carbons (Fsp3) is 1.00. The van der Waals surface area contributed by atoms with Crippen molar-refractivity contribution in [1.82, 2.24) is 5.32 Å². The van der Waals surface area contributed by atoms with Crippen LogP contribution in [0.4, 0.5) is 0 Å². The van der Waals surface area contributed by atoms with Gasteiger partial charge in [0.2, 0.25) is 0 Å². The van der Waals surface area contributed by atoms with Gasteiger partial charge in [-0.2, -0.15) is 0 Å². The van der Waals surface area contributed by atoms with E-state index in [1.165, 1.54) is 38.5 Å². The average Bonchev–Trinajstić information content (AvgIpc) is 3.08. The molecule has 16 heavy (non-hydrogen) atoms. The molecule has 0 amide bonds. The van der Waals surface area contributed by atoms with E-state index in [2.05, 4.69) is 26.1 Å². The van der Waals surface area contributed by atoms with Crippen molar-refractivity contribution in [3.63, 3.8) is 0 Å². The highest BCUT2D eigenvalue weighted by molar-refractivity contribution is 4.81. The summed E-state index contributed by atoms with van der Waals surface area (Å²) in [5.74, 6) is 1.03. The van der Waals surface area contributed by atoms with Crippen molar-refractivity contribution in [1.29, 1.82) is 0 Å². The monoisotopic (exact) mass is 227 g/mol. The molecule has 96 valence electrons. The molecule has 0 aromatic carbocycles. The van der Waals surface area contributed by atoms with Crippen molar-refractivity contribution in [3.05, 3.63) is 0 Å². The summed E-state index contributed by atoms with van der Waals surface area (Å²) in [6.45, 7) is 8.44. The summed E-state index contributed by atoms with van der Waals surface area (Å²) in [6, 6.07) is 0.575. The second-order valence-electron chi connectivity index (χ2n) is 4.97. The summed E-state index contributed by atoms with van der Waals surface area (Å²) < 4.78 is 5.89. The van der Waals surface area contributed by atoms with Crippen LogP contribution in [0, 0.1) is 5.92 Å². The molecule has 2 heteroatoms. The minimum absolute atomic E-state index is 0.425. The smallest absolute Gasteiger partial charge is 0.0727 e. The van der Waals surface area contributed by atoms with Crippen LogP contribution < -0.4 is 5.32 Å². The Hall–Kier alpha value is -0.0800. The van der Waals surface area contributed by atoms with Crippen LogP contribution in [0.25, 0.3) is 0 Å². The molecular formula is C14H29NO. The summed E-state index contributed by atoms with van der Waals surface area (Å²) >= 11 is 0. The highest BCUT2D eigenvalue weighted by Gasteiger charge is 2.25. The SMILES string of the molecule is CCCC(OCC)C(CCC1CC1)NCC. The van der Waals surface area contributed by atoms with E-state index in [4.69, 9.17) is 4.74 Å². The topological polar surface area (TPSA) is 21.3 Å².